The molecule has 1 saturated heterocycles. The molecular weight excluding hydrogens is 274 g/mol. The van der Waals surface area contributed by atoms with Crippen LogP contribution in [0.3, 0.4) is 0 Å². The van der Waals surface area contributed by atoms with Crippen LogP contribution >= 0.6 is 0 Å². The van der Waals surface area contributed by atoms with Gasteiger partial charge in [0.1, 0.15) is 11.8 Å². The Morgan fingerprint density at radius 2 is 2.43 bits per heavy atom. The molecule has 108 valence electrons. The van der Waals surface area contributed by atoms with E-state index in [9.17, 15) is 4.79 Å². The van der Waals surface area contributed by atoms with Crippen LogP contribution in [-0.2, 0) is 6.54 Å². The van der Waals surface area contributed by atoms with E-state index in [1.165, 1.54) is 0 Å². The van der Waals surface area contributed by atoms with Gasteiger partial charge in [-0.2, -0.15) is 10.2 Å². The van der Waals surface area contributed by atoms with Crippen molar-refractivity contribution in [2.45, 2.75) is 25.4 Å². The number of hydrogen-bond donors (Lipinski definition) is 1. The zero-order chi connectivity index (χ0) is 14.8. The number of rotatable bonds is 4. The Labute approximate surface area is 120 Å². The van der Waals surface area contributed by atoms with Gasteiger partial charge in [0.05, 0.1) is 12.6 Å². The smallest absolute Gasteiger partial charge is 0.290 e. The average molecular weight is 287 g/mol. The highest BCUT2D eigenvalue weighted by atomic mass is 16.5. The van der Waals surface area contributed by atoms with Crippen molar-refractivity contribution in [2.24, 2.45) is 5.73 Å². The average Bonchev–Trinajstić information content (AvgIpc) is 3.18. The third kappa shape index (κ3) is 2.64. The minimum atomic E-state index is -0.709. The number of aromatic nitrogens is 2. The van der Waals surface area contributed by atoms with Crippen molar-refractivity contribution in [1.82, 2.24) is 15.0 Å². The molecule has 3 rings (SSSR count). The molecule has 0 aliphatic carbocycles. The van der Waals surface area contributed by atoms with E-state index >= 15 is 0 Å². The number of amides is 1. The zero-order valence-electron chi connectivity index (χ0n) is 11.2. The first-order valence-corrected chi connectivity index (χ1v) is 6.53. The molecule has 0 unspecified atom stereocenters. The van der Waals surface area contributed by atoms with Gasteiger partial charge in [0.25, 0.3) is 11.7 Å². The minimum Gasteiger partial charge on any atom is -0.449 e. The van der Waals surface area contributed by atoms with Crippen molar-refractivity contribution in [3.63, 3.8) is 0 Å². The molecule has 1 atom stereocenters. The van der Waals surface area contributed by atoms with E-state index in [1.54, 1.807) is 12.1 Å². The molecule has 1 aliphatic heterocycles. The van der Waals surface area contributed by atoms with Crippen LogP contribution < -0.4 is 5.73 Å². The van der Waals surface area contributed by atoms with Gasteiger partial charge in [0.2, 0.25) is 11.7 Å². The summed E-state index contributed by atoms with van der Waals surface area (Å²) < 4.78 is 10.5. The van der Waals surface area contributed by atoms with Gasteiger partial charge in [-0.05, 0) is 31.5 Å². The van der Waals surface area contributed by atoms with Crippen molar-refractivity contribution >= 4 is 5.91 Å². The first-order chi connectivity index (χ1) is 10.2. The topological polar surface area (TPSA) is 122 Å². The number of likely N-dealkylation sites (tertiary alicyclic amines) is 1. The number of furan rings is 1. The second-order valence-corrected chi connectivity index (χ2v) is 4.83. The van der Waals surface area contributed by atoms with Gasteiger partial charge in [0, 0.05) is 0 Å². The van der Waals surface area contributed by atoms with E-state index in [0.717, 1.165) is 19.4 Å². The zero-order valence-corrected chi connectivity index (χ0v) is 11.2. The lowest BCUT2D eigenvalue weighted by Crippen LogP contribution is -2.23. The molecule has 0 bridgehead atoms. The van der Waals surface area contributed by atoms with Crippen molar-refractivity contribution in [2.75, 3.05) is 6.54 Å². The summed E-state index contributed by atoms with van der Waals surface area (Å²) >= 11 is 0. The van der Waals surface area contributed by atoms with E-state index in [4.69, 9.17) is 19.9 Å². The Hall–Kier alpha value is -2.66. The fourth-order valence-corrected chi connectivity index (χ4v) is 2.49. The van der Waals surface area contributed by atoms with E-state index in [0.29, 0.717) is 18.2 Å². The maximum atomic E-state index is 11.0. The quantitative estimate of drug-likeness (QED) is 0.888. The molecule has 0 aromatic carbocycles. The van der Waals surface area contributed by atoms with E-state index in [2.05, 4.69) is 15.0 Å². The Balaban J connectivity index is 1.75. The number of hydrogen-bond acceptors (Lipinski definition) is 7. The number of nitrogens with two attached hydrogens (primary N) is 1. The van der Waals surface area contributed by atoms with E-state index < -0.39 is 5.91 Å². The van der Waals surface area contributed by atoms with Gasteiger partial charge in [-0.25, -0.2) is 0 Å². The minimum absolute atomic E-state index is 0.0683. The molecular formula is C13H13N5O3. The van der Waals surface area contributed by atoms with Crippen LogP contribution in [0.15, 0.2) is 21.1 Å². The number of nitriles is 1. The van der Waals surface area contributed by atoms with Crippen LogP contribution in [0.25, 0.3) is 0 Å². The number of carbonyl (C=O) groups is 1. The summed E-state index contributed by atoms with van der Waals surface area (Å²) in [6, 6.07) is 5.30. The summed E-state index contributed by atoms with van der Waals surface area (Å²) in [7, 11) is 0. The molecule has 0 saturated carbocycles. The molecule has 0 spiro atoms. The van der Waals surface area contributed by atoms with Crippen LogP contribution in [0.1, 0.15) is 46.9 Å². The fraction of sp³-hybridized carbons (Fsp3) is 0.385. The SMILES string of the molecule is N#Cc1ccc(CN2CCC[C@@H]2c2nc(C(N)=O)no2)o1. The second kappa shape index (κ2) is 5.38. The maximum absolute atomic E-state index is 11.0. The van der Waals surface area contributed by atoms with Gasteiger partial charge in [-0.3, -0.25) is 9.69 Å². The van der Waals surface area contributed by atoms with Crippen LogP contribution in [0.5, 0.6) is 0 Å². The molecule has 0 radical (unpaired) electrons. The largest absolute Gasteiger partial charge is 0.449 e. The van der Waals surface area contributed by atoms with Gasteiger partial charge in [-0.15, -0.1) is 0 Å². The Morgan fingerprint density at radius 1 is 1.57 bits per heavy atom. The second-order valence-electron chi connectivity index (χ2n) is 4.83. The third-order valence-electron chi connectivity index (χ3n) is 3.44. The van der Waals surface area contributed by atoms with Crippen molar-refractivity contribution in [3.05, 3.63) is 35.4 Å². The summed E-state index contributed by atoms with van der Waals surface area (Å²) in [5.41, 5.74) is 5.12. The highest BCUT2D eigenvalue weighted by Crippen LogP contribution is 2.32. The monoisotopic (exact) mass is 287 g/mol. The lowest BCUT2D eigenvalue weighted by Gasteiger charge is -2.19. The molecule has 2 aromatic rings. The third-order valence-corrected chi connectivity index (χ3v) is 3.44. The Bertz CT molecular complexity index is 699. The lowest BCUT2D eigenvalue weighted by atomic mass is 10.2. The van der Waals surface area contributed by atoms with Crippen LogP contribution in [-0.4, -0.2) is 27.5 Å². The molecule has 1 aliphatic rings. The molecule has 1 amide bonds. The van der Waals surface area contributed by atoms with Gasteiger partial charge in [0.15, 0.2) is 0 Å². The van der Waals surface area contributed by atoms with Gasteiger partial charge in [-0.1, -0.05) is 5.16 Å². The van der Waals surface area contributed by atoms with Crippen LogP contribution in [0.4, 0.5) is 0 Å². The van der Waals surface area contributed by atoms with Crippen molar-refractivity contribution in [1.29, 1.82) is 5.26 Å². The maximum Gasteiger partial charge on any atom is 0.290 e. The first-order valence-electron chi connectivity index (χ1n) is 6.53. The summed E-state index contributed by atoms with van der Waals surface area (Å²) in [5.74, 6) is 0.553. The highest BCUT2D eigenvalue weighted by molar-refractivity contribution is 5.88. The predicted molar refractivity (Wildman–Crippen MR) is 68.6 cm³/mol. The number of primary amides is 1. The molecule has 3 heterocycles. The summed E-state index contributed by atoms with van der Waals surface area (Å²) in [4.78, 5) is 17.2. The van der Waals surface area contributed by atoms with Gasteiger partial charge >= 0.3 is 0 Å². The first kappa shape index (κ1) is 13.3. The van der Waals surface area contributed by atoms with Crippen molar-refractivity contribution in [3.8, 4) is 6.07 Å². The lowest BCUT2D eigenvalue weighted by molar-refractivity contribution is 0.0987. The summed E-state index contributed by atoms with van der Waals surface area (Å²) in [5, 5.41) is 12.3. The van der Waals surface area contributed by atoms with Crippen molar-refractivity contribution < 1.29 is 13.7 Å². The number of carbonyl (C=O) groups excluding carboxylic acids is 1. The molecule has 21 heavy (non-hydrogen) atoms. The summed E-state index contributed by atoms with van der Waals surface area (Å²) in [6.07, 6.45) is 1.83. The molecule has 2 N–H and O–H groups in total. The van der Waals surface area contributed by atoms with Crippen LogP contribution in [0, 0.1) is 11.3 Å². The van der Waals surface area contributed by atoms with Gasteiger partial charge < -0.3 is 14.7 Å². The molecule has 1 fully saturated rings. The van der Waals surface area contributed by atoms with Crippen LogP contribution in [0.2, 0.25) is 0 Å². The molecule has 8 nitrogen and oxygen atoms in total. The Morgan fingerprint density at radius 3 is 3.10 bits per heavy atom. The van der Waals surface area contributed by atoms with E-state index in [-0.39, 0.29) is 17.6 Å². The predicted octanol–water partition coefficient (Wildman–Crippen LogP) is 0.970. The normalized spacial score (nSPS) is 18.7. The summed E-state index contributed by atoms with van der Waals surface area (Å²) in [6.45, 7) is 1.39. The molecule has 8 heteroatoms. The number of nitrogens with zero attached hydrogens (tertiary/aromatic N) is 4. The molecule has 2 aromatic heterocycles. The highest BCUT2D eigenvalue weighted by Gasteiger charge is 2.31. The Kier molecular flexibility index (Phi) is 3.41. The standard InChI is InChI=1S/C13H13N5O3/c14-6-8-3-4-9(20-8)7-18-5-1-2-10(18)13-16-12(11(15)19)17-21-13/h3-4,10H,1-2,5,7H2,(H2,15,19)/t10-/m1/s1. The van der Waals surface area contributed by atoms with E-state index in [1.807, 2.05) is 6.07 Å². The fourth-order valence-electron chi connectivity index (χ4n) is 2.49.